The van der Waals surface area contributed by atoms with Crippen molar-refractivity contribution in [1.29, 1.82) is 0 Å². The zero-order chi connectivity index (χ0) is 23.3. The van der Waals surface area contributed by atoms with Crippen LogP contribution in [0.5, 0.6) is 0 Å². The lowest BCUT2D eigenvalue weighted by Crippen LogP contribution is -2.27. The number of hydrogen-bond acceptors (Lipinski definition) is 4. The van der Waals surface area contributed by atoms with E-state index in [2.05, 4.69) is 10.5 Å². The zero-order valence-electron chi connectivity index (χ0n) is 18.4. The molecule has 2 amide bonds. The fraction of sp³-hybridized carbons (Fsp3) is 0.107. The number of rotatable bonds is 6. The van der Waals surface area contributed by atoms with Crippen LogP contribution in [0.25, 0.3) is 10.8 Å². The molecule has 0 unspecified atom stereocenters. The summed E-state index contributed by atoms with van der Waals surface area (Å²) in [6.07, 6.45) is 1.66. The van der Waals surface area contributed by atoms with Gasteiger partial charge in [-0.3, -0.25) is 9.59 Å². The van der Waals surface area contributed by atoms with Crippen molar-refractivity contribution in [1.82, 2.24) is 10.3 Å². The maximum Gasteiger partial charge on any atom is 0.271 e. The molecule has 34 heavy (non-hydrogen) atoms. The zero-order valence-corrected chi connectivity index (χ0v) is 19.2. The SMILES string of the molecule is O=C(N/N=C\c1cccc2ccccc12)c1ccc([C@@H]2SCC(=O)N2Cc2ccccc2)cc1. The number of fused-ring (bicyclic) bond motifs is 1. The van der Waals surface area contributed by atoms with Gasteiger partial charge in [-0.25, -0.2) is 5.43 Å². The third kappa shape index (κ3) is 4.72. The Hall–Kier alpha value is -3.90. The van der Waals surface area contributed by atoms with Crippen LogP contribution < -0.4 is 5.43 Å². The second-order valence-electron chi connectivity index (χ2n) is 8.06. The molecule has 1 fully saturated rings. The smallest absolute Gasteiger partial charge is 0.271 e. The molecule has 1 N–H and O–H groups in total. The molecule has 0 bridgehead atoms. The number of hydrazone groups is 1. The normalized spacial score (nSPS) is 15.8. The van der Waals surface area contributed by atoms with Crippen molar-refractivity contribution >= 4 is 40.6 Å². The molecule has 6 heteroatoms. The molecule has 1 aliphatic heterocycles. The fourth-order valence-electron chi connectivity index (χ4n) is 4.07. The fourth-order valence-corrected chi connectivity index (χ4v) is 5.26. The van der Waals surface area contributed by atoms with Crippen LogP contribution in [0.1, 0.15) is 32.4 Å². The number of nitrogens with one attached hydrogen (secondary N) is 1. The summed E-state index contributed by atoms with van der Waals surface area (Å²) in [5.74, 6) is 0.311. The molecule has 0 saturated carbocycles. The average Bonchev–Trinajstić information content (AvgIpc) is 3.24. The number of carbonyl (C=O) groups is 2. The summed E-state index contributed by atoms with van der Waals surface area (Å²) in [7, 11) is 0. The first-order valence-corrected chi connectivity index (χ1v) is 12.1. The van der Waals surface area contributed by atoms with E-state index in [4.69, 9.17) is 0 Å². The highest BCUT2D eigenvalue weighted by Gasteiger charge is 2.32. The minimum Gasteiger partial charge on any atom is -0.322 e. The van der Waals surface area contributed by atoms with Crippen LogP contribution in [0.15, 0.2) is 102 Å². The number of thioether (sulfide) groups is 1. The summed E-state index contributed by atoms with van der Waals surface area (Å²) in [5.41, 5.74) is 6.17. The van der Waals surface area contributed by atoms with E-state index in [0.29, 0.717) is 17.9 Å². The number of hydrogen-bond donors (Lipinski definition) is 1. The Morgan fingerprint density at radius 2 is 1.68 bits per heavy atom. The monoisotopic (exact) mass is 465 g/mol. The number of benzene rings is 4. The van der Waals surface area contributed by atoms with E-state index in [0.717, 1.165) is 27.5 Å². The molecule has 0 aromatic heterocycles. The second-order valence-corrected chi connectivity index (χ2v) is 9.13. The Morgan fingerprint density at radius 3 is 2.50 bits per heavy atom. The van der Waals surface area contributed by atoms with Gasteiger partial charge in [-0.15, -0.1) is 11.8 Å². The number of nitrogens with zero attached hydrogens (tertiary/aromatic N) is 2. The maximum atomic E-state index is 12.6. The van der Waals surface area contributed by atoms with Gasteiger partial charge < -0.3 is 4.90 Å². The predicted octanol–water partition coefficient (Wildman–Crippen LogP) is 5.38. The van der Waals surface area contributed by atoms with E-state index in [9.17, 15) is 9.59 Å². The van der Waals surface area contributed by atoms with Gasteiger partial charge in [-0.2, -0.15) is 5.10 Å². The molecule has 5 rings (SSSR count). The van der Waals surface area contributed by atoms with E-state index in [1.165, 1.54) is 0 Å². The van der Waals surface area contributed by atoms with Crippen molar-refractivity contribution in [3.63, 3.8) is 0 Å². The Morgan fingerprint density at radius 1 is 0.941 bits per heavy atom. The minimum atomic E-state index is -0.278. The van der Waals surface area contributed by atoms with Gasteiger partial charge in [0.25, 0.3) is 5.91 Å². The summed E-state index contributed by atoms with van der Waals surface area (Å²) in [5, 5.41) is 6.30. The van der Waals surface area contributed by atoms with Crippen LogP contribution in [0.2, 0.25) is 0 Å². The van der Waals surface area contributed by atoms with Gasteiger partial charge in [-0.1, -0.05) is 84.9 Å². The summed E-state index contributed by atoms with van der Waals surface area (Å²) in [4.78, 5) is 27.0. The molecule has 1 saturated heterocycles. The molecule has 4 aromatic carbocycles. The van der Waals surface area contributed by atoms with Crippen LogP contribution in [-0.2, 0) is 11.3 Å². The summed E-state index contributed by atoms with van der Waals surface area (Å²) in [6.45, 7) is 0.572. The Labute approximate surface area is 202 Å². The Kier molecular flexibility index (Phi) is 6.40. The summed E-state index contributed by atoms with van der Waals surface area (Å²) >= 11 is 1.61. The molecule has 1 aliphatic rings. The lowest BCUT2D eigenvalue weighted by molar-refractivity contribution is -0.128. The van der Waals surface area contributed by atoms with Crippen molar-refractivity contribution < 1.29 is 9.59 Å². The van der Waals surface area contributed by atoms with E-state index in [1.54, 1.807) is 30.1 Å². The first-order valence-electron chi connectivity index (χ1n) is 11.1. The lowest BCUT2D eigenvalue weighted by Gasteiger charge is -2.24. The Bertz CT molecular complexity index is 1350. The van der Waals surface area contributed by atoms with Gasteiger partial charge in [0, 0.05) is 17.7 Å². The molecular formula is C28H23N3O2S. The van der Waals surface area contributed by atoms with Crippen LogP contribution in [0, 0.1) is 0 Å². The van der Waals surface area contributed by atoms with Gasteiger partial charge in [0.05, 0.1) is 12.0 Å². The van der Waals surface area contributed by atoms with Crippen LogP contribution in [0.3, 0.4) is 0 Å². The van der Waals surface area contributed by atoms with Gasteiger partial charge in [-0.05, 0) is 34.0 Å². The minimum absolute atomic E-state index is 0.0609. The largest absolute Gasteiger partial charge is 0.322 e. The standard InChI is InChI=1S/C28H23N3O2S/c32-26-19-34-28(31(26)18-20-7-2-1-3-8-20)23-15-13-22(14-16-23)27(33)30-29-17-24-11-6-10-21-9-4-5-12-25(21)24/h1-17,28H,18-19H2,(H,30,33)/b29-17-/t28-/m0/s1. The maximum absolute atomic E-state index is 12.6. The van der Waals surface area contributed by atoms with Crippen LogP contribution in [0.4, 0.5) is 0 Å². The second kappa shape index (κ2) is 9.93. The molecule has 0 spiro atoms. The molecule has 168 valence electrons. The van der Waals surface area contributed by atoms with Crippen molar-refractivity contribution in [3.8, 4) is 0 Å². The first kappa shape index (κ1) is 21.9. The quantitative estimate of drug-likeness (QED) is 0.307. The van der Waals surface area contributed by atoms with Crippen molar-refractivity contribution in [3.05, 3.63) is 119 Å². The average molecular weight is 466 g/mol. The summed E-state index contributed by atoms with van der Waals surface area (Å²) in [6, 6.07) is 31.4. The lowest BCUT2D eigenvalue weighted by atomic mass is 10.1. The van der Waals surface area contributed by atoms with Gasteiger partial charge >= 0.3 is 0 Å². The van der Waals surface area contributed by atoms with E-state index >= 15 is 0 Å². The van der Waals surface area contributed by atoms with E-state index in [1.807, 2.05) is 89.8 Å². The highest BCUT2D eigenvalue weighted by Crippen LogP contribution is 2.39. The number of carbonyl (C=O) groups excluding carboxylic acids is 2. The molecule has 0 radical (unpaired) electrons. The third-order valence-corrected chi connectivity index (χ3v) is 7.07. The van der Waals surface area contributed by atoms with Gasteiger partial charge in [0.1, 0.15) is 5.37 Å². The van der Waals surface area contributed by atoms with Crippen molar-refractivity contribution in [2.75, 3.05) is 5.75 Å². The topological polar surface area (TPSA) is 61.8 Å². The molecule has 1 heterocycles. The highest BCUT2D eigenvalue weighted by atomic mass is 32.2. The first-order chi connectivity index (χ1) is 16.7. The molecule has 1 atom stereocenters. The molecule has 0 aliphatic carbocycles. The van der Waals surface area contributed by atoms with Gasteiger partial charge in [0.2, 0.25) is 5.91 Å². The molecule has 4 aromatic rings. The van der Waals surface area contributed by atoms with Crippen molar-refractivity contribution in [2.24, 2.45) is 5.10 Å². The van der Waals surface area contributed by atoms with Crippen LogP contribution in [-0.4, -0.2) is 28.7 Å². The summed E-state index contributed by atoms with van der Waals surface area (Å²) < 4.78 is 0. The van der Waals surface area contributed by atoms with Crippen LogP contribution >= 0.6 is 11.8 Å². The predicted molar refractivity (Wildman–Crippen MR) is 138 cm³/mol. The highest BCUT2D eigenvalue weighted by molar-refractivity contribution is 8.00. The van der Waals surface area contributed by atoms with E-state index < -0.39 is 0 Å². The molecule has 5 nitrogen and oxygen atoms in total. The third-order valence-electron chi connectivity index (χ3n) is 5.81. The Balaban J connectivity index is 1.26. The molecular weight excluding hydrogens is 442 g/mol. The van der Waals surface area contributed by atoms with Gasteiger partial charge in [0.15, 0.2) is 0 Å². The van der Waals surface area contributed by atoms with E-state index in [-0.39, 0.29) is 17.2 Å². The van der Waals surface area contributed by atoms with Crippen molar-refractivity contribution in [2.45, 2.75) is 11.9 Å². The number of amides is 2.